The average Bonchev–Trinajstić information content (AvgIpc) is 2.86. The Bertz CT molecular complexity index is 834. The fourth-order valence-corrected chi connectivity index (χ4v) is 2.88. The molecule has 122 valence electrons. The standard InChI is InChI=1S/C17H12BrIN2O3/c18-12-3-6-15(24-9-10-1-4-13(19)5-2-10)11(7-12)8-14-16(22)21-17(23)20-14/h1-8H,9H2,(H2,20,21,22,23)/b14-8-. The third kappa shape index (κ3) is 4.15. The van der Waals surface area contributed by atoms with Crippen LogP contribution in [0.5, 0.6) is 5.75 Å². The topological polar surface area (TPSA) is 67.4 Å². The number of carbonyl (C=O) groups is 2. The second kappa shape index (κ2) is 7.35. The highest BCUT2D eigenvalue weighted by Crippen LogP contribution is 2.26. The third-order valence-electron chi connectivity index (χ3n) is 3.30. The van der Waals surface area contributed by atoms with Crippen molar-refractivity contribution in [1.82, 2.24) is 10.6 Å². The summed E-state index contributed by atoms with van der Waals surface area (Å²) < 4.78 is 7.89. The molecular formula is C17H12BrIN2O3. The molecule has 1 saturated heterocycles. The number of urea groups is 1. The Morgan fingerprint density at radius 1 is 1.08 bits per heavy atom. The first-order chi connectivity index (χ1) is 11.5. The minimum absolute atomic E-state index is 0.192. The van der Waals surface area contributed by atoms with Gasteiger partial charge in [-0.1, -0.05) is 28.1 Å². The number of halogens is 2. The molecule has 0 spiro atoms. The number of nitrogens with one attached hydrogen (secondary N) is 2. The molecular weight excluding hydrogens is 487 g/mol. The van der Waals surface area contributed by atoms with E-state index in [9.17, 15) is 9.59 Å². The number of imide groups is 1. The van der Waals surface area contributed by atoms with Crippen LogP contribution in [0.1, 0.15) is 11.1 Å². The van der Waals surface area contributed by atoms with Crippen LogP contribution in [-0.2, 0) is 11.4 Å². The average molecular weight is 499 g/mol. The van der Waals surface area contributed by atoms with Crippen LogP contribution >= 0.6 is 38.5 Å². The highest BCUT2D eigenvalue weighted by atomic mass is 127. The van der Waals surface area contributed by atoms with E-state index in [-0.39, 0.29) is 5.70 Å². The molecule has 0 atom stereocenters. The smallest absolute Gasteiger partial charge is 0.326 e. The molecule has 3 amide bonds. The normalized spacial score (nSPS) is 15.3. The van der Waals surface area contributed by atoms with Crippen LogP contribution in [0, 0.1) is 3.57 Å². The first-order valence-corrected chi connectivity index (χ1v) is 8.89. The molecule has 1 aliphatic rings. The molecule has 0 unspecified atom stereocenters. The van der Waals surface area contributed by atoms with E-state index in [1.165, 1.54) is 0 Å². The summed E-state index contributed by atoms with van der Waals surface area (Å²) in [6.07, 6.45) is 1.59. The molecule has 5 nitrogen and oxygen atoms in total. The van der Waals surface area contributed by atoms with Crippen molar-refractivity contribution in [2.75, 3.05) is 0 Å². The zero-order chi connectivity index (χ0) is 17.1. The summed E-state index contributed by atoms with van der Waals surface area (Å²) in [5, 5.41) is 4.64. The first-order valence-electron chi connectivity index (χ1n) is 7.02. The minimum atomic E-state index is -0.525. The lowest BCUT2D eigenvalue weighted by molar-refractivity contribution is -0.115. The molecule has 7 heteroatoms. The summed E-state index contributed by atoms with van der Waals surface area (Å²) in [5.41, 5.74) is 1.93. The number of benzene rings is 2. The van der Waals surface area contributed by atoms with Gasteiger partial charge in [0, 0.05) is 13.6 Å². The Hall–Kier alpha value is -1.87. The van der Waals surface area contributed by atoms with Crippen molar-refractivity contribution < 1.29 is 14.3 Å². The van der Waals surface area contributed by atoms with Crippen LogP contribution < -0.4 is 15.4 Å². The number of hydrogen-bond donors (Lipinski definition) is 2. The lowest BCUT2D eigenvalue weighted by Gasteiger charge is -2.10. The SMILES string of the molecule is O=C1NC(=O)/C(=C/c2cc(Br)ccc2OCc2ccc(I)cc2)N1. The molecule has 0 bridgehead atoms. The van der Waals surface area contributed by atoms with E-state index in [0.717, 1.165) is 13.6 Å². The van der Waals surface area contributed by atoms with Gasteiger partial charge in [-0.05, 0) is 64.6 Å². The van der Waals surface area contributed by atoms with E-state index in [4.69, 9.17) is 4.74 Å². The van der Waals surface area contributed by atoms with Crippen LogP contribution in [-0.4, -0.2) is 11.9 Å². The summed E-state index contributed by atoms with van der Waals surface area (Å²) in [5.74, 6) is 0.168. The van der Waals surface area contributed by atoms with Crippen LogP contribution in [0.15, 0.2) is 52.6 Å². The maximum Gasteiger partial charge on any atom is 0.326 e. The van der Waals surface area contributed by atoms with Gasteiger partial charge in [0.1, 0.15) is 18.1 Å². The molecule has 2 N–H and O–H groups in total. The van der Waals surface area contributed by atoms with Crippen molar-refractivity contribution in [3.8, 4) is 5.75 Å². The molecule has 1 aliphatic heterocycles. The summed E-state index contributed by atoms with van der Waals surface area (Å²) in [6.45, 7) is 0.410. The molecule has 3 rings (SSSR count). The molecule has 1 heterocycles. The van der Waals surface area contributed by atoms with Gasteiger partial charge in [0.05, 0.1) is 0 Å². The Morgan fingerprint density at radius 3 is 2.50 bits per heavy atom. The zero-order valence-electron chi connectivity index (χ0n) is 12.3. The van der Waals surface area contributed by atoms with Crippen molar-refractivity contribution >= 4 is 56.5 Å². The van der Waals surface area contributed by atoms with Gasteiger partial charge in [0.2, 0.25) is 0 Å². The molecule has 24 heavy (non-hydrogen) atoms. The fourth-order valence-electron chi connectivity index (χ4n) is 2.14. The molecule has 1 fully saturated rings. The number of hydrogen-bond acceptors (Lipinski definition) is 3. The van der Waals surface area contributed by atoms with Gasteiger partial charge in [-0.25, -0.2) is 4.79 Å². The van der Waals surface area contributed by atoms with Crippen molar-refractivity contribution in [1.29, 1.82) is 0 Å². The lowest BCUT2D eigenvalue weighted by atomic mass is 10.1. The Kier molecular flexibility index (Phi) is 5.20. The van der Waals surface area contributed by atoms with Crippen LogP contribution in [0.4, 0.5) is 4.79 Å². The Labute approximate surface area is 160 Å². The van der Waals surface area contributed by atoms with Crippen molar-refractivity contribution in [2.24, 2.45) is 0 Å². The fraction of sp³-hybridized carbons (Fsp3) is 0.0588. The van der Waals surface area contributed by atoms with Crippen molar-refractivity contribution in [3.05, 3.63) is 67.3 Å². The van der Waals surface area contributed by atoms with Gasteiger partial charge in [-0.2, -0.15) is 0 Å². The molecule has 2 aromatic rings. The Balaban J connectivity index is 1.83. The molecule has 0 aromatic heterocycles. The summed E-state index contributed by atoms with van der Waals surface area (Å²) in [7, 11) is 0. The van der Waals surface area contributed by atoms with Gasteiger partial charge in [0.25, 0.3) is 5.91 Å². The number of ether oxygens (including phenoxy) is 1. The quantitative estimate of drug-likeness (QED) is 0.382. The monoisotopic (exact) mass is 498 g/mol. The Morgan fingerprint density at radius 2 is 1.83 bits per heavy atom. The van der Waals surface area contributed by atoms with E-state index < -0.39 is 11.9 Å². The highest BCUT2D eigenvalue weighted by Gasteiger charge is 2.23. The second-order valence-electron chi connectivity index (χ2n) is 5.06. The summed E-state index contributed by atoms with van der Waals surface area (Å²) >= 11 is 5.65. The van der Waals surface area contributed by atoms with Crippen LogP contribution in [0.25, 0.3) is 6.08 Å². The predicted octanol–water partition coefficient (Wildman–Crippen LogP) is 3.81. The number of carbonyl (C=O) groups excluding carboxylic acids is 2. The molecule has 0 aliphatic carbocycles. The van der Waals surface area contributed by atoms with Crippen LogP contribution in [0.2, 0.25) is 0 Å². The maximum absolute atomic E-state index is 11.7. The molecule has 0 radical (unpaired) electrons. The maximum atomic E-state index is 11.7. The van der Waals surface area contributed by atoms with Crippen molar-refractivity contribution in [3.63, 3.8) is 0 Å². The lowest BCUT2D eigenvalue weighted by Crippen LogP contribution is -2.22. The summed E-state index contributed by atoms with van der Waals surface area (Å²) in [6, 6.07) is 13.0. The van der Waals surface area contributed by atoms with Crippen LogP contribution in [0.3, 0.4) is 0 Å². The largest absolute Gasteiger partial charge is 0.488 e. The van der Waals surface area contributed by atoms with E-state index in [2.05, 4.69) is 49.2 Å². The zero-order valence-corrected chi connectivity index (χ0v) is 16.1. The third-order valence-corrected chi connectivity index (χ3v) is 4.51. The number of amides is 3. The van der Waals surface area contributed by atoms with Gasteiger partial charge in [-0.3, -0.25) is 10.1 Å². The molecule has 2 aromatic carbocycles. The van der Waals surface area contributed by atoms with Crippen molar-refractivity contribution in [2.45, 2.75) is 6.61 Å². The predicted molar refractivity (Wildman–Crippen MR) is 102 cm³/mol. The first kappa shape index (κ1) is 17.0. The van der Waals surface area contributed by atoms with E-state index in [0.29, 0.717) is 17.9 Å². The van der Waals surface area contributed by atoms with Gasteiger partial charge >= 0.3 is 6.03 Å². The highest BCUT2D eigenvalue weighted by molar-refractivity contribution is 14.1. The second-order valence-corrected chi connectivity index (χ2v) is 7.22. The van der Waals surface area contributed by atoms with Gasteiger partial charge in [-0.15, -0.1) is 0 Å². The van der Waals surface area contributed by atoms with E-state index in [1.807, 2.05) is 42.5 Å². The van der Waals surface area contributed by atoms with Gasteiger partial charge in [0.15, 0.2) is 0 Å². The summed E-state index contributed by atoms with van der Waals surface area (Å²) in [4.78, 5) is 22.9. The van der Waals surface area contributed by atoms with E-state index in [1.54, 1.807) is 6.08 Å². The minimum Gasteiger partial charge on any atom is -0.488 e. The number of rotatable bonds is 4. The van der Waals surface area contributed by atoms with E-state index >= 15 is 0 Å². The van der Waals surface area contributed by atoms with Gasteiger partial charge < -0.3 is 10.1 Å². The molecule has 0 saturated carbocycles.